The van der Waals surface area contributed by atoms with Crippen molar-refractivity contribution in [3.63, 3.8) is 0 Å². The van der Waals surface area contributed by atoms with Gasteiger partial charge < -0.3 is 29.0 Å². The van der Waals surface area contributed by atoms with E-state index in [4.69, 9.17) is 18.7 Å². The monoisotopic (exact) mass is 443 g/mol. The SMILES string of the molecule is COC(=O)C[C@H]1CC[C@@H]2[C@@H](COc3ccc(NC(=O)c4cc(C)on4)cc3C(=O)N2C)O1. The van der Waals surface area contributed by atoms with Crippen LogP contribution in [0.4, 0.5) is 5.69 Å². The van der Waals surface area contributed by atoms with Gasteiger partial charge in [0, 0.05) is 18.8 Å². The molecule has 10 nitrogen and oxygen atoms in total. The number of methoxy groups -OCH3 is 1. The molecule has 1 aromatic carbocycles. The number of carbonyl (C=O) groups is 3. The molecule has 0 radical (unpaired) electrons. The van der Waals surface area contributed by atoms with Crippen molar-refractivity contribution in [3.05, 3.63) is 41.3 Å². The molecule has 0 spiro atoms. The maximum atomic E-state index is 13.2. The zero-order chi connectivity index (χ0) is 22.8. The Kier molecular flexibility index (Phi) is 6.13. The topological polar surface area (TPSA) is 120 Å². The van der Waals surface area contributed by atoms with Crippen molar-refractivity contribution in [1.82, 2.24) is 10.1 Å². The molecule has 1 saturated heterocycles. The van der Waals surface area contributed by atoms with Crippen molar-refractivity contribution in [2.45, 2.75) is 44.4 Å². The summed E-state index contributed by atoms with van der Waals surface area (Å²) >= 11 is 0. The highest BCUT2D eigenvalue weighted by atomic mass is 16.6. The van der Waals surface area contributed by atoms with Crippen LogP contribution < -0.4 is 10.1 Å². The number of amides is 2. The van der Waals surface area contributed by atoms with E-state index in [1.165, 1.54) is 13.2 Å². The van der Waals surface area contributed by atoms with Crippen LogP contribution in [0.2, 0.25) is 0 Å². The van der Waals surface area contributed by atoms with E-state index >= 15 is 0 Å². The molecule has 2 aromatic rings. The number of rotatable bonds is 4. The smallest absolute Gasteiger partial charge is 0.308 e. The number of ether oxygens (including phenoxy) is 3. The van der Waals surface area contributed by atoms with Crippen LogP contribution >= 0.6 is 0 Å². The lowest BCUT2D eigenvalue weighted by Crippen LogP contribution is -2.53. The van der Waals surface area contributed by atoms with E-state index in [1.807, 2.05) is 0 Å². The maximum absolute atomic E-state index is 13.2. The second-order valence-electron chi connectivity index (χ2n) is 7.94. The number of nitrogens with zero attached hydrogens (tertiary/aromatic N) is 2. The van der Waals surface area contributed by atoms with E-state index in [9.17, 15) is 14.4 Å². The van der Waals surface area contributed by atoms with Gasteiger partial charge in [-0.1, -0.05) is 5.16 Å². The number of hydrogen-bond acceptors (Lipinski definition) is 8. The van der Waals surface area contributed by atoms with E-state index in [2.05, 4.69) is 10.5 Å². The predicted molar refractivity (Wildman–Crippen MR) is 112 cm³/mol. The standard InChI is InChI=1S/C22H25N3O7/c1-12-8-16(24-32-12)21(27)23-13-4-7-18-15(9-13)22(28)25(2)17-6-5-14(10-20(26)29-3)31-19(17)11-30-18/h4,7-9,14,17,19H,5-6,10-11H2,1-3H3,(H,23,27)/t14-,17-,19-/m1/s1. The molecule has 10 heteroatoms. The number of nitrogens with one attached hydrogen (secondary N) is 1. The van der Waals surface area contributed by atoms with Gasteiger partial charge in [-0.25, -0.2) is 0 Å². The summed E-state index contributed by atoms with van der Waals surface area (Å²) in [5, 5.41) is 6.42. The molecule has 32 heavy (non-hydrogen) atoms. The quantitative estimate of drug-likeness (QED) is 0.714. The highest BCUT2D eigenvalue weighted by Gasteiger charge is 2.39. The van der Waals surface area contributed by atoms with Gasteiger partial charge in [-0.3, -0.25) is 14.4 Å². The van der Waals surface area contributed by atoms with E-state index in [0.29, 0.717) is 35.6 Å². The Labute approximate surface area is 184 Å². The third-order valence-electron chi connectivity index (χ3n) is 5.75. The normalized spacial score (nSPS) is 22.7. The van der Waals surface area contributed by atoms with Crippen molar-refractivity contribution < 1.29 is 33.1 Å². The molecule has 0 unspecified atom stereocenters. The van der Waals surface area contributed by atoms with Gasteiger partial charge in [0.05, 0.1) is 31.2 Å². The number of hydrogen-bond donors (Lipinski definition) is 1. The summed E-state index contributed by atoms with van der Waals surface area (Å²) in [6, 6.07) is 6.21. The number of esters is 1. The van der Waals surface area contributed by atoms with Crippen LogP contribution in [0.5, 0.6) is 5.75 Å². The van der Waals surface area contributed by atoms with Crippen molar-refractivity contribution in [2.75, 3.05) is 26.1 Å². The molecule has 1 fully saturated rings. The number of benzene rings is 1. The first-order chi connectivity index (χ1) is 15.4. The number of likely N-dealkylation sites (N-methyl/N-ethyl adjacent to an activating group) is 1. The molecule has 3 heterocycles. The van der Waals surface area contributed by atoms with Crippen LogP contribution in [-0.2, 0) is 14.3 Å². The van der Waals surface area contributed by atoms with Gasteiger partial charge in [-0.05, 0) is 38.0 Å². The summed E-state index contributed by atoms with van der Waals surface area (Å²) in [5.74, 6) is -0.0823. The van der Waals surface area contributed by atoms with E-state index in [1.54, 1.807) is 37.1 Å². The molecule has 1 aromatic heterocycles. The third kappa shape index (κ3) is 4.45. The minimum absolute atomic E-state index is 0.151. The highest BCUT2D eigenvalue weighted by molar-refractivity contribution is 6.04. The van der Waals surface area contributed by atoms with E-state index < -0.39 is 5.91 Å². The Morgan fingerprint density at radius 2 is 2.09 bits per heavy atom. The summed E-state index contributed by atoms with van der Waals surface area (Å²) in [6.45, 7) is 1.93. The average molecular weight is 443 g/mol. The predicted octanol–water partition coefficient (Wildman–Crippen LogP) is 2.18. The Balaban J connectivity index is 1.51. The molecular formula is C22H25N3O7. The highest BCUT2D eigenvalue weighted by Crippen LogP contribution is 2.32. The lowest BCUT2D eigenvalue weighted by Gasteiger charge is -2.42. The third-order valence-corrected chi connectivity index (χ3v) is 5.75. The van der Waals surface area contributed by atoms with E-state index in [0.717, 1.165) is 0 Å². The van der Waals surface area contributed by atoms with Crippen molar-refractivity contribution in [3.8, 4) is 5.75 Å². The Morgan fingerprint density at radius 3 is 2.81 bits per heavy atom. The minimum Gasteiger partial charge on any atom is -0.490 e. The van der Waals surface area contributed by atoms with Crippen molar-refractivity contribution in [1.29, 1.82) is 0 Å². The molecular weight excluding hydrogens is 418 g/mol. The van der Waals surface area contributed by atoms with Crippen molar-refractivity contribution >= 4 is 23.5 Å². The van der Waals surface area contributed by atoms with Crippen LogP contribution in [0.1, 0.15) is 45.9 Å². The molecule has 170 valence electrons. The number of anilines is 1. The fraction of sp³-hybridized carbons (Fsp3) is 0.455. The van der Waals surface area contributed by atoms with Gasteiger partial charge in [-0.15, -0.1) is 0 Å². The Morgan fingerprint density at radius 1 is 1.28 bits per heavy atom. The Bertz CT molecular complexity index is 1030. The number of aryl methyl sites for hydroxylation is 1. The first-order valence-electron chi connectivity index (χ1n) is 10.4. The maximum Gasteiger partial charge on any atom is 0.308 e. The van der Waals surface area contributed by atoms with Crippen LogP contribution in [0, 0.1) is 6.92 Å². The molecule has 2 aliphatic rings. The van der Waals surface area contributed by atoms with Crippen LogP contribution in [0.15, 0.2) is 28.8 Å². The van der Waals surface area contributed by atoms with Gasteiger partial charge in [0.15, 0.2) is 5.69 Å². The summed E-state index contributed by atoms with van der Waals surface area (Å²) in [5.41, 5.74) is 0.935. The molecule has 0 bridgehead atoms. The zero-order valence-corrected chi connectivity index (χ0v) is 18.1. The lowest BCUT2D eigenvalue weighted by molar-refractivity contribution is -0.151. The van der Waals surface area contributed by atoms with Gasteiger partial charge in [0.25, 0.3) is 11.8 Å². The molecule has 4 rings (SSSR count). The minimum atomic E-state index is -0.438. The van der Waals surface area contributed by atoms with Crippen LogP contribution in [0.3, 0.4) is 0 Å². The zero-order valence-electron chi connectivity index (χ0n) is 18.1. The molecule has 2 amide bonds. The lowest BCUT2D eigenvalue weighted by atomic mass is 9.94. The first kappa shape index (κ1) is 21.8. The molecule has 0 saturated carbocycles. The van der Waals surface area contributed by atoms with Crippen LogP contribution in [0.25, 0.3) is 0 Å². The second-order valence-corrected chi connectivity index (χ2v) is 7.94. The largest absolute Gasteiger partial charge is 0.490 e. The number of carbonyl (C=O) groups excluding carboxylic acids is 3. The van der Waals surface area contributed by atoms with Gasteiger partial charge in [0.1, 0.15) is 24.2 Å². The van der Waals surface area contributed by atoms with Crippen molar-refractivity contribution in [2.24, 2.45) is 0 Å². The second kappa shape index (κ2) is 8.99. The first-order valence-corrected chi connectivity index (χ1v) is 10.4. The fourth-order valence-electron chi connectivity index (χ4n) is 4.04. The van der Waals surface area contributed by atoms with Crippen LogP contribution in [-0.4, -0.2) is 66.9 Å². The summed E-state index contributed by atoms with van der Waals surface area (Å²) in [7, 11) is 3.07. The Hall–Kier alpha value is -3.40. The summed E-state index contributed by atoms with van der Waals surface area (Å²) in [4.78, 5) is 38.9. The average Bonchev–Trinajstić information content (AvgIpc) is 3.23. The summed E-state index contributed by atoms with van der Waals surface area (Å²) in [6.07, 6.45) is 0.841. The summed E-state index contributed by atoms with van der Waals surface area (Å²) < 4.78 is 21.6. The fourth-order valence-corrected chi connectivity index (χ4v) is 4.04. The molecule has 1 N–H and O–H groups in total. The van der Waals surface area contributed by atoms with Gasteiger partial charge in [0.2, 0.25) is 0 Å². The molecule has 2 aliphatic heterocycles. The molecule has 0 aliphatic carbocycles. The number of fused-ring (bicyclic) bond motifs is 2. The van der Waals surface area contributed by atoms with Gasteiger partial charge >= 0.3 is 5.97 Å². The van der Waals surface area contributed by atoms with Gasteiger partial charge in [-0.2, -0.15) is 0 Å². The molecule has 3 atom stereocenters. The number of aromatic nitrogens is 1. The van der Waals surface area contributed by atoms with E-state index in [-0.39, 0.29) is 48.8 Å².